The summed E-state index contributed by atoms with van der Waals surface area (Å²) in [6.07, 6.45) is -2.29. The summed E-state index contributed by atoms with van der Waals surface area (Å²) in [5, 5.41) is 33.8. The topological polar surface area (TPSA) is 132 Å². The zero-order valence-corrected chi connectivity index (χ0v) is 9.78. The van der Waals surface area contributed by atoms with E-state index in [-0.39, 0.29) is 23.9 Å². The number of carboxylic acid groups (broad SMARTS) is 3. The second-order valence-corrected chi connectivity index (χ2v) is 2.48. The Bertz CT molecular complexity index is 233. The Labute approximate surface area is 95.3 Å². The van der Waals surface area contributed by atoms with Crippen LogP contribution in [0.2, 0.25) is 0 Å². The van der Waals surface area contributed by atoms with Gasteiger partial charge in [-0.3, -0.25) is 9.59 Å². The molecule has 4 N–H and O–H groups in total. The van der Waals surface area contributed by atoms with Crippen molar-refractivity contribution in [2.75, 3.05) is 0 Å². The molecule has 0 aromatic rings. The second-order valence-electron chi connectivity index (χ2n) is 2.48. The molecule has 0 bridgehead atoms. The zero-order chi connectivity index (χ0) is 10.6. The van der Waals surface area contributed by atoms with E-state index in [2.05, 4.69) is 0 Å². The molecule has 0 aliphatic carbocycles. The van der Waals surface area contributed by atoms with Crippen LogP contribution in [0.3, 0.4) is 0 Å². The first kappa shape index (κ1) is 15.6. The Morgan fingerprint density at radius 1 is 0.929 bits per heavy atom. The van der Waals surface area contributed by atoms with Crippen molar-refractivity contribution in [2.24, 2.45) is 0 Å². The van der Waals surface area contributed by atoms with Gasteiger partial charge in [0.05, 0.1) is 12.8 Å². The summed E-state index contributed by atoms with van der Waals surface area (Å²) in [7, 11) is 0. The molecule has 0 atom stereocenters. The van der Waals surface area contributed by atoms with Gasteiger partial charge in [0.2, 0.25) is 0 Å². The quantitative estimate of drug-likeness (QED) is 0.448. The largest absolute Gasteiger partial charge is 2.00 e. The first-order valence-corrected chi connectivity index (χ1v) is 3.17. The molecule has 14 heavy (non-hydrogen) atoms. The number of aliphatic carboxylic acids is 3. The Hall–Kier alpha value is -0.831. The fraction of sp³-hybridized carbons (Fsp3) is 0.500. The van der Waals surface area contributed by atoms with E-state index in [4.69, 9.17) is 20.4 Å². The van der Waals surface area contributed by atoms with Gasteiger partial charge in [0.25, 0.3) is 0 Å². The average molecular weight is 311 g/mol. The van der Waals surface area contributed by atoms with Crippen molar-refractivity contribution < 1.29 is 34.8 Å². The Balaban J connectivity index is 0. The van der Waals surface area contributed by atoms with Crippen LogP contribution in [0.25, 0.3) is 0 Å². The van der Waals surface area contributed by atoms with Crippen LogP contribution in [0, 0.1) is 0 Å². The van der Waals surface area contributed by atoms with Gasteiger partial charge in [0.1, 0.15) is 0 Å². The maximum absolute atomic E-state index is 10.3. The molecule has 0 aromatic heterocycles. The molecule has 76 valence electrons. The number of hydrogen-bond donors (Lipinski definition) is 4. The van der Waals surface area contributed by atoms with Gasteiger partial charge in [0.15, 0.2) is 5.60 Å². The minimum absolute atomic E-state index is 0. The summed E-state index contributed by atoms with van der Waals surface area (Å²) in [6, 6.07) is 0. The van der Waals surface area contributed by atoms with Crippen molar-refractivity contribution in [3.63, 3.8) is 0 Å². The summed E-state index contributed by atoms with van der Waals surface area (Å²) in [6.45, 7) is 0. The molecule has 0 amide bonds. The van der Waals surface area contributed by atoms with Gasteiger partial charge in [-0.1, -0.05) is 0 Å². The Morgan fingerprint density at radius 3 is 1.36 bits per heavy atom. The third-order valence-corrected chi connectivity index (χ3v) is 1.29. The SMILES string of the molecule is O=C(O)CC(O)(CC(=O)O)C(=O)O.[Sn+2]. The number of rotatable bonds is 5. The molecule has 8 heteroatoms. The maximum atomic E-state index is 10.3. The molecule has 7 nitrogen and oxygen atoms in total. The minimum atomic E-state index is -2.74. The normalized spacial score (nSPS) is 10.1. The molecule has 0 rings (SSSR count). The van der Waals surface area contributed by atoms with Gasteiger partial charge in [-0.25, -0.2) is 4.79 Å². The van der Waals surface area contributed by atoms with Crippen LogP contribution in [0.5, 0.6) is 0 Å². The molecule has 0 heterocycles. The van der Waals surface area contributed by atoms with Gasteiger partial charge >= 0.3 is 41.8 Å². The summed E-state index contributed by atoms with van der Waals surface area (Å²) < 4.78 is 0. The van der Waals surface area contributed by atoms with Crippen molar-refractivity contribution in [2.45, 2.75) is 18.4 Å². The fourth-order valence-corrected chi connectivity index (χ4v) is 0.714. The van der Waals surface area contributed by atoms with Crippen molar-refractivity contribution in [1.82, 2.24) is 0 Å². The third kappa shape index (κ3) is 5.02. The summed E-state index contributed by atoms with van der Waals surface area (Å²) in [4.78, 5) is 30.5. The molecule has 0 aliphatic rings. The van der Waals surface area contributed by atoms with E-state index in [1.54, 1.807) is 0 Å². The van der Waals surface area contributed by atoms with Gasteiger partial charge in [-0.2, -0.15) is 0 Å². The van der Waals surface area contributed by atoms with Gasteiger partial charge < -0.3 is 20.4 Å². The Kier molecular flexibility index (Phi) is 6.48. The molecule has 0 spiro atoms. The van der Waals surface area contributed by atoms with Crippen LogP contribution in [0.4, 0.5) is 0 Å². The third-order valence-electron chi connectivity index (χ3n) is 1.29. The van der Waals surface area contributed by atoms with E-state index >= 15 is 0 Å². The number of carboxylic acids is 3. The second kappa shape index (κ2) is 5.81. The average Bonchev–Trinajstić information content (AvgIpc) is 1.82. The van der Waals surface area contributed by atoms with Crippen LogP contribution in [0.15, 0.2) is 0 Å². The molecule has 0 unspecified atom stereocenters. The zero-order valence-electron chi connectivity index (χ0n) is 6.93. The molecule has 0 saturated carbocycles. The maximum Gasteiger partial charge on any atom is 2.00 e. The standard InChI is InChI=1S/C6H8O7.Sn/c7-3(8)1-6(13,5(11)12)2-4(9)10;/h13H,1-2H2,(H,7,8)(H,9,10)(H,11,12);/q;+2. The predicted octanol–water partition coefficient (Wildman–Crippen LogP) is -1.63. The van der Waals surface area contributed by atoms with E-state index in [0.717, 1.165) is 0 Å². The van der Waals surface area contributed by atoms with Crippen LogP contribution in [-0.2, 0) is 14.4 Å². The molecular weight excluding hydrogens is 303 g/mol. The number of hydrogen-bond acceptors (Lipinski definition) is 4. The molecule has 0 aliphatic heterocycles. The fourth-order valence-electron chi connectivity index (χ4n) is 0.714. The van der Waals surface area contributed by atoms with Crippen molar-refractivity contribution >= 4 is 41.8 Å². The number of carbonyl (C=O) groups is 3. The van der Waals surface area contributed by atoms with E-state index < -0.39 is 36.4 Å². The molecular formula is C6H8O7Sn+2. The first-order valence-electron chi connectivity index (χ1n) is 3.17. The monoisotopic (exact) mass is 312 g/mol. The molecule has 0 saturated heterocycles. The van der Waals surface area contributed by atoms with E-state index in [9.17, 15) is 14.4 Å². The van der Waals surface area contributed by atoms with E-state index in [1.807, 2.05) is 0 Å². The van der Waals surface area contributed by atoms with Crippen molar-refractivity contribution in [3.8, 4) is 0 Å². The molecule has 0 aromatic carbocycles. The summed E-state index contributed by atoms with van der Waals surface area (Å²) in [5.74, 6) is -5.02. The van der Waals surface area contributed by atoms with Crippen molar-refractivity contribution in [3.05, 3.63) is 0 Å². The summed E-state index contributed by atoms with van der Waals surface area (Å²) in [5.41, 5.74) is -2.74. The minimum Gasteiger partial charge on any atom is -0.481 e. The number of aliphatic hydroxyl groups is 1. The van der Waals surface area contributed by atoms with Crippen LogP contribution in [0.1, 0.15) is 12.8 Å². The predicted molar refractivity (Wildman–Crippen MR) is 42.8 cm³/mol. The summed E-state index contributed by atoms with van der Waals surface area (Å²) >= 11 is 0. The Morgan fingerprint density at radius 2 is 1.21 bits per heavy atom. The smallest absolute Gasteiger partial charge is 0.481 e. The van der Waals surface area contributed by atoms with Gasteiger partial charge in [-0.15, -0.1) is 0 Å². The first-order chi connectivity index (χ1) is 5.78. The molecule has 2 radical (unpaired) electrons. The van der Waals surface area contributed by atoms with Crippen molar-refractivity contribution in [1.29, 1.82) is 0 Å². The van der Waals surface area contributed by atoms with Crippen LogP contribution < -0.4 is 0 Å². The van der Waals surface area contributed by atoms with Gasteiger partial charge in [-0.05, 0) is 0 Å². The van der Waals surface area contributed by atoms with Crippen LogP contribution in [-0.4, -0.2) is 67.8 Å². The van der Waals surface area contributed by atoms with Crippen LogP contribution >= 0.6 is 0 Å². The van der Waals surface area contributed by atoms with E-state index in [1.165, 1.54) is 0 Å². The van der Waals surface area contributed by atoms with Gasteiger partial charge in [0, 0.05) is 0 Å². The van der Waals surface area contributed by atoms with E-state index in [0.29, 0.717) is 0 Å². The molecule has 0 fully saturated rings.